The van der Waals surface area contributed by atoms with Crippen LogP contribution in [0, 0.1) is 10.1 Å². The highest BCUT2D eigenvalue weighted by molar-refractivity contribution is 5.89. The van der Waals surface area contributed by atoms with Gasteiger partial charge in [-0.2, -0.15) is 0 Å². The van der Waals surface area contributed by atoms with E-state index in [0.717, 1.165) is 0 Å². The Kier molecular flexibility index (Phi) is 5.06. The number of para-hydroxylation sites is 1. The van der Waals surface area contributed by atoms with Gasteiger partial charge in [0, 0.05) is 30.7 Å². The second kappa shape index (κ2) is 7.99. The molecule has 2 aromatic carbocycles. The van der Waals surface area contributed by atoms with Crippen molar-refractivity contribution in [2.45, 2.75) is 6.54 Å². The predicted molar refractivity (Wildman–Crippen MR) is 113 cm³/mol. The molecule has 0 aliphatic heterocycles. The third-order valence-corrected chi connectivity index (χ3v) is 4.53. The molecular formula is C20H16N6O5. The number of nitro benzene ring substituents is 1. The van der Waals surface area contributed by atoms with Crippen molar-refractivity contribution < 1.29 is 9.72 Å². The van der Waals surface area contributed by atoms with Crippen molar-refractivity contribution in [3.05, 3.63) is 97.3 Å². The average Bonchev–Trinajstić information content (AvgIpc) is 3.22. The van der Waals surface area contributed by atoms with Gasteiger partial charge >= 0.3 is 17.1 Å². The summed E-state index contributed by atoms with van der Waals surface area (Å²) in [7, 11) is 0. The lowest BCUT2D eigenvalue weighted by Crippen LogP contribution is -2.29. The number of amides is 2. The van der Waals surface area contributed by atoms with Gasteiger partial charge in [-0.05, 0) is 29.8 Å². The summed E-state index contributed by atoms with van der Waals surface area (Å²) in [5, 5.41) is 17.0. The summed E-state index contributed by atoms with van der Waals surface area (Å²) in [6.07, 6.45) is 3.23. The van der Waals surface area contributed by atoms with E-state index in [2.05, 4.69) is 20.6 Å². The van der Waals surface area contributed by atoms with Crippen molar-refractivity contribution in [2.24, 2.45) is 0 Å². The van der Waals surface area contributed by atoms with Crippen LogP contribution in [0.15, 0.2) is 70.5 Å². The fourth-order valence-corrected chi connectivity index (χ4v) is 3.07. The Morgan fingerprint density at radius 1 is 1.03 bits per heavy atom. The van der Waals surface area contributed by atoms with E-state index in [9.17, 15) is 24.5 Å². The van der Waals surface area contributed by atoms with Crippen LogP contribution in [0.3, 0.4) is 0 Å². The van der Waals surface area contributed by atoms with Gasteiger partial charge in [0.25, 0.3) is 5.69 Å². The van der Waals surface area contributed by atoms with Gasteiger partial charge < -0.3 is 25.2 Å². The summed E-state index contributed by atoms with van der Waals surface area (Å²) in [4.78, 5) is 50.8. The molecular weight excluding hydrogens is 404 g/mol. The highest BCUT2D eigenvalue weighted by atomic mass is 16.6. The van der Waals surface area contributed by atoms with Crippen LogP contribution in [0.5, 0.6) is 0 Å². The van der Waals surface area contributed by atoms with Crippen molar-refractivity contribution in [1.29, 1.82) is 0 Å². The minimum atomic E-state index is -0.891. The first kappa shape index (κ1) is 19.6. The molecule has 0 bridgehead atoms. The topological polar surface area (TPSA) is 155 Å². The van der Waals surface area contributed by atoms with E-state index in [1.165, 1.54) is 16.7 Å². The van der Waals surface area contributed by atoms with Crippen LogP contribution in [-0.4, -0.2) is 25.5 Å². The van der Waals surface area contributed by atoms with Crippen LogP contribution in [-0.2, 0) is 6.54 Å². The van der Waals surface area contributed by atoms with Gasteiger partial charge in [0.15, 0.2) is 0 Å². The number of aromatic amines is 2. The number of rotatable bonds is 5. The van der Waals surface area contributed by atoms with E-state index in [1.54, 1.807) is 42.7 Å². The lowest BCUT2D eigenvalue weighted by atomic mass is 10.2. The second-order valence-corrected chi connectivity index (χ2v) is 6.65. The number of anilines is 1. The standard InChI is InChI=1S/C20H16N6O5/c27-18-19(28)24-15-9-17(26(30)31)16(8-14(15)23-18)25-7-6-12(11-25)10-21-20(29)22-13-4-2-1-3-5-13/h1-9,11H,10H2,(H,23,27)(H,24,28)(H2,21,22,29). The lowest BCUT2D eigenvalue weighted by molar-refractivity contribution is -0.384. The molecule has 156 valence electrons. The van der Waals surface area contributed by atoms with E-state index in [4.69, 9.17) is 0 Å². The number of H-pyrrole nitrogens is 2. The lowest BCUT2D eigenvalue weighted by Gasteiger charge is -2.07. The minimum Gasteiger partial charge on any atom is -0.334 e. The van der Waals surface area contributed by atoms with Crippen molar-refractivity contribution in [3.63, 3.8) is 0 Å². The van der Waals surface area contributed by atoms with E-state index in [0.29, 0.717) is 11.3 Å². The molecule has 31 heavy (non-hydrogen) atoms. The van der Waals surface area contributed by atoms with Crippen molar-refractivity contribution >= 4 is 28.4 Å². The van der Waals surface area contributed by atoms with E-state index in [1.807, 2.05) is 6.07 Å². The molecule has 0 aliphatic rings. The zero-order chi connectivity index (χ0) is 22.0. The van der Waals surface area contributed by atoms with Gasteiger partial charge in [0.05, 0.1) is 16.0 Å². The van der Waals surface area contributed by atoms with Crippen LogP contribution in [0.4, 0.5) is 16.2 Å². The molecule has 2 aromatic heterocycles. The summed E-state index contributed by atoms with van der Waals surface area (Å²) in [6, 6.07) is 12.9. The highest BCUT2D eigenvalue weighted by Crippen LogP contribution is 2.27. The first-order valence-electron chi connectivity index (χ1n) is 9.12. The van der Waals surface area contributed by atoms with Gasteiger partial charge in [-0.1, -0.05) is 18.2 Å². The molecule has 2 amide bonds. The molecule has 0 spiro atoms. The van der Waals surface area contributed by atoms with Gasteiger partial charge in [0.2, 0.25) is 0 Å². The van der Waals surface area contributed by atoms with Gasteiger partial charge in [-0.3, -0.25) is 19.7 Å². The average molecular weight is 420 g/mol. The predicted octanol–water partition coefficient (Wildman–Crippen LogP) is 2.24. The van der Waals surface area contributed by atoms with Crippen LogP contribution in [0.25, 0.3) is 16.7 Å². The Morgan fingerprint density at radius 2 is 1.71 bits per heavy atom. The van der Waals surface area contributed by atoms with Crippen molar-refractivity contribution in [2.75, 3.05) is 5.32 Å². The number of nitrogens with one attached hydrogen (secondary N) is 4. The summed E-state index contributed by atoms with van der Waals surface area (Å²) < 4.78 is 1.51. The van der Waals surface area contributed by atoms with E-state index >= 15 is 0 Å². The van der Waals surface area contributed by atoms with E-state index < -0.39 is 22.1 Å². The maximum atomic E-state index is 12.0. The summed E-state index contributed by atoms with van der Waals surface area (Å²) in [5.41, 5.74) is -0.0597. The van der Waals surface area contributed by atoms with Crippen molar-refractivity contribution in [1.82, 2.24) is 19.9 Å². The van der Waals surface area contributed by atoms with Gasteiger partial charge in [-0.25, -0.2) is 4.79 Å². The number of nitro groups is 1. The minimum absolute atomic E-state index is 0.145. The Labute approximate surface area is 173 Å². The smallest absolute Gasteiger partial charge is 0.319 e. The van der Waals surface area contributed by atoms with E-state index in [-0.39, 0.29) is 29.0 Å². The van der Waals surface area contributed by atoms with Gasteiger partial charge in [-0.15, -0.1) is 0 Å². The van der Waals surface area contributed by atoms with Crippen LogP contribution >= 0.6 is 0 Å². The SMILES string of the molecule is O=C(NCc1ccn(-c2cc3[nH]c(=O)c(=O)[nH]c3cc2[N+](=O)[O-])c1)Nc1ccccc1. The fourth-order valence-electron chi connectivity index (χ4n) is 3.07. The van der Waals surface area contributed by atoms with Crippen LogP contribution in [0.1, 0.15) is 5.56 Å². The number of fused-ring (bicyclic) bond motifs is 1. The maximum absolute atomic E-state index is 12.0. The number of hydrogen-bond donors (Lipinski definition) is 4. The Bertz CT molecular complexity index is 1400. The number of benzene rings is 2. The zero-order valence-electron chi connectivity index (χ0n) is 15.9. The number of hydrogen-bond acceptors (Lipinski definition) is 5. The first-order valence-corrected chi connectivity index (χ1v) is 9.12. The normalized spacial score (nSPS) is 10.7. The highest BCUT2D eigenvalue weighted by Gasteiger charge is 2.18. The quantitative estimate of drug-likeness (QED) is 0.221. The third-order valence-electron chi connectivity index (χ3n) is 4.53. The van der Waals surface area contributed by atoms with Crippen LogP contribution < -0.4 is 21.8 Å². The number of carbonyl (C=O) groups excluding carboxylic acids is 1. The Balaban J connectivity index is 1.58. The number of carbonyl (C=O) groups is 1. The summed E-state index contributed by atoms with van der Waals surface area (Å²) >= 11 is 0. The van der Waals surface area contributed by atoms with Gasteiger partial charge in [0.1, 0.15) is 5.69 Å². The third kappa shape index (κ3) is 4.19. The molecule has 4 N–H and O–H groups in total. The molecule has 0 saturated heterocycles. The molecule has 2 heterocycles. The molecule has 0 atom stereocenters. The molecule has 11 heteroatoms. The summed E-state index contributed by atoms with van der Waals surface area (Å²) in [6.45, 7) is 0.192. The number of aromatic nitrogens is 3. The maximum Gasteiger partial charge on any atom is 0.319 e. The first-order chi connectivity index (χ1) is 14.9. The molecule has 4 rings (SSSR count). The Morgan fingerprint density at radius 3 is 2.39 bits per heavy atom. The van der Waals surface area contributed by atoms with Crippen LogP contribution in [0.2, 0.25) is 0 Å². The van der Waals surface area contributed by atoms with Crippen molar-refractivity contribution in [3.8, 4) is 5.69 Å². The molecule has 0 unspecified atom stereocenters. The number of urea groups is 1. The molecule has 0 radical (unpaired) electrons. The number of nitrogens with zero attached hydrogens (tertiary/aromatic N) is 2. The molecule has 0 saturated carbocycles. The zero-order valence-corrected chi connectivity index (χ0v) is 15.9. The second-order valence-electron chi connectivity index (χ2n) is 6.65. The summed E-state index contributed by atoms with van der Waals surface area (Å²) in [5.74, 6) is 0. The molecule has 11 nitrogen and oxygen atoms in total. The Hall–Kier alpha value is -4.67. The monoisotopic (exact) mass is 420 g/mol. The molecule has 0 fully saturated rings. The largest absolute Gasteiger partial charge is 0.334 e. The fraction of sp³-hybridized carbons (Fsp3) is 0.0500. The molecule has 0 aliphatic carbocycles. The molecule has 4 aromatic rings.